The van der Waals surface area contributed by atoms with Gasteiger partial charge in [0.2, 0.25) is 11.8 Å². The minimum absolute atomic E-state index is 0.790. The molecule has 0 unspecified atom stereocenters. The van der Waals surface area contributed by atoms with Crippen molar-refractivity contribution in [3.05, 3.63) is 0 Å². The number of carboxylic acids is 1. The Morgan fingerprint density at radius 1 is 0.697 bits per heavy atom. The number of hydrogen-bond acceptors (Lipinski definition) is 26. The van der Waals surface area contributed by atoms with Crippen LogP contribution in [0.1, 0.15) is 34.1 Å². The minimum atomic E-state index is -3.17. The maximum Gasteiger partial charge on any atom is 0.364 e. The smallest absolute Gasteiger partial charge is 0.364 e. The van der Waals surface area contributed by atoms with Crippen LogP contribution in [0.25, 0.3) is 0 Å². The Morgan fingerprint density at radius 2 is 1.30 bits per heavy atom. The number of nitrogens with one attached hydrogen (secondary N) is 2. The molecule has 0 radical (unpaired) electrons. The third kappa shape index (κ3) is 12.6. The van der Waals surface area contributed by atoms with Gasteiger partial charge in [-0.15, -0.1) is 0 Å². The molecule has 0 saturated carbocycles. The Bertz CT molecular complexity index is 1570. The fourth-order valence-corrected chi connectivity index (χ4v) is 7.86. The lowest BCUT2D eigenvalue weighted by molar-refractivity contribution is -0.378. The highest BCUT2D eigenvalue weighted by molar-refractivity contribution is 5.76. The van der Waals surface area contributed by atoms with Gasteiger partial charge in [-0.3, -0.25) is 9.59 Å². The van der Waals surface area contributed by atoms with Gasteiger partial charge >= 0.3 is 5.97 Å². The molecule has 29 heteroatoms. The van der Waals surface area contributed by atoms with E-state index in [1.165, 1.54) is 13.8 Å². The van der Waals surface area contributed by atoms with Crippen molar-refractivity contribution in [2.75, 3.05) is 26.4 Å². The van der Waals surface area contributed by atoms with Gasteiger partial charge in [0.1, 0.15) is 104 Å². The molecule has 4 aliphatic rings. The van der Waals surface area contributed by atoms with E-state index in [0.717, 1.165) is 13.8 Å². The van der Waals surface area contributed by atoms with Crippen LogP contribution >= 0.6 is 0 Å². The molecule has 0 spiro atoms. The lowest BCUT2D eigenvalue weighted by atomic mass is 9.90. The van der Waals surface area contributed by atoms with Crippen LogP contribution in [0, 0.1) is 0 Å². The van der Waals surface area contributed by atoms with Gasteiger partial charge in [0.05, 0.1) is 50.8 Å². The number of amides is 2. The number of rotatable bonds is 20. The van der Waals surface area contributed by atoms with Gasteiger partial charge in [0, 0.05) is 20.3 Å². The quantitative estimate of drug-likeness (QED) is 0.0539. The summed E-state index contributed by atoms with van der Waals surface area (Å²) >= 11 is 0. The van der Waals surface area contributed by atoms with Gasteiger partial charge in [-0.05, 0) is 13.8 Å². The average Bonchev–Trinajstić information content (AvgIpc) is 3.27. The molecule has 0 aliphatic carbocycles. The molecule has 0 aromatic rings. The fraction of sp³-hybridized carbons (Fsp3) is 0.919. The van der Waals surface area contributed by atoms with Gasteiger partial charge < -0.3 is 130 Å². The molecule has 4 fully saturated rings. The average molecular weight is 969 g/mol. The lowest BCUT2D eigenvalue weighted by Gasteiger charge is -2.49. The largest absolute Gasteiger partial charge is 0.477 e. The van der Waals surface area contributed by atoms with E-state index in [1.807, 2.05) is 0 Å². The van der Waals surface area contributed by atoms with E-state index >= 15 is 0 Å². The number of aliphatic carboxylic acids is 1. The molecule has 2 amide bonds. The van der Waals surface area contributed by atoms with E-state index in [1.54, 1.807) is 0 Å². The van der Waals surface area contributed by atoms with Crippen LogP contribution < -0.4 is 10.6 Å². The second-order valence-corrected chi connectivity index (χ2v) is 16.6. The second kappa shape index (κ2) is 23.9. The molecule has 0 aromatic heterocycles. The maximum absolute atomic E-state index is 13.1. The molecular formula is C37H64N2O27. The summed E-state index contributed by atoms with van der Waals surface area (Å²) < 4.78 is 44.9. The molecule has 4 heterocycles. The number of hydrogen-bond donors (Lipinski definition) is 18. The summed E-state index contributed by atoms with van der Waals surface area (Å²) in [5.41, 5.74) is 0. The Balaban J connectivity index is 1.64. The summed E-state index contributed by atoms with van der Waals surface area (Å²) in [4.78, 5) is 37.3. The standard InChI is InChI=1S/C37H64N2O27/c1-10-20(47)27(54)28(55)34(60-10)65-31-21(48)11(2)61-35(29(31)56)62-17-5-37(36(57)58,66-32(25(17)52)22(49)15(45)7-41)59-9-16(46)23(50)30(14(6-40)38-12(3)43)64-33-19(39-13(4)44)26(53)24(51)18(8-42)63-33/h10-11,14-35,40-42,45-56H,5-9H2,1-4H3,(H,38,43)(H,39,44)(H,57,58)/t10-,11-,14-,15+,16+,17-,18+,19+,20+,21+,22+,23-,24+,25+,26+,27+,28-,29-,30+,31+,32-,33-,34-,35-,37+/m0/s1. The number of carbonyl (C=O) groups is 3. The van der Waals surface area contributed by atoms with Gasteiger partial charge in [0.25, 0.3) is 5.79 Å². The molecule has 4 aliphatic heterocycles. The molecule has 384 valence electrons. The van der Waals surface area contributed by atoms with E-state index in [2.05, 4.69) is 10.6 Å². The first kappa shape index (κ1) is 56.1. The van der Waals surface area contributed by atoms with Crippen LogP contribution in [0.5, 0.6) is 0 Å². The molecule has 0 bridgehead atoms. The van der Waals surface area contributed by atoms with Crippen LogP contribution in [0.4, 0.5) is 0 Å². The zero-order valence-corrected chi connectivity index (χ0v) is 36.0. The van der Waals surface area contributed by atoms with Crippen molar-refractivity contribution >= 4 is 17.8 Å². The summed E-state index contributed by atoms with van der Waals surface area (Å²) in [5.74, 6) is -6.85. The highest BCUT2D eigenvalue weighted by atomic mass is 16.8. The van der Waals surface area contributed by atoms with Crippen LogP contribution in [0.3, 0.4) is 0 Å². The van der Waals surface area contributed by atoms with Crippen molar-refractivity contribution in [2.24, 2.45) is 0 Å². The first-order chi connectivity index (χ1) is 30.8. The van der Waals surface area contributed by atoms with Crippen molar-refractivity contribution in [2.45, 2.75) is 187 Å². The van der Waals surface area contributed by atoms with Crippen molar-refractivity contribution in [1.82, 2.24) is 10.6 Å². The van der Waals surface area contributed by atoms with Crippen LogP contribution in [0.2, 0.25) is 0 Å². The van der Waals surface area contributed by atoms with Gasteiger partial charge in [-0.25, -0.2) is 4.79 Å². The summed E-state index contributed by atoms with van der Waals surface area (Å²) in [6.07, 6.45) is -43.0. The predicted molar refractivity (Wildman–Crippen MR) is 206 cm³/mol. The van der Waals surface area contributed by atoms with E-state index in [9.17, 15) is 96.1 Å². The van der Waals surface area contributed by atoms with Crippen LogP contribution in [0.15, 0.2) is 0 Å². The molecule has 29 nitrogen and oxygen atoms in total. The number of ether oxygens (including phenoxy) is 8. The maximum atomic E-state index is 13.1. The number of carbonyl (C=O) groups excluding carboxylic acids is 2. The van der Waals surface area contributed by atoms with Gasteiger partial charge in [-0.2, -0.15) is 0 Å². The van der Waals surface area contributed by atoms with Crippen molar-refractivity contribution in [3.8, 4) is 0 Å². The second-order valence-electron chi connectivity index (χ2n) is 16.6. The van der Waals surface area contributed by atoms with Crippen LogP contribution in [-0.4, -0.2) is 279 Å². The molecule has 25 atom stereocenters. The Labute approximate surface area is 375 Å². The van der Waals surface area contributed by atoms with Crippen molar-refractivity contribution in [3.63, 3.8) is 0 Å². The third-order valence-corrected chi connectivity index (χ3v) is 11.7. The predicted octanol–water partition coefficient (Wildman–Crippen LogP) is -10.7. The first-order valence-electron chi connectivity index (χ1n) is 20.9. The Kier molecular flexibility index (Phi) is 20.3. The SMILES string of the molecule is CC(=O)N[C@H]1[C@H](O[C@@H]([C@@H](O)[C@H](O)CO[C@]2(C(=O)O)C[C@H](O[C@@H]3O[C@@H](C)[C@@H](O)[C@@H](O[C@@H]4O[C@@H](C)[C@@H](O)[C@@H](O)[C@@H]4O)[C@@H]3O)[C@@H](O)[C@H]([C@H](O)[C@H](O)CO)O2)[C@H](CO)NC(C)=O)O[C@H](CO)[C@@H](O)[C@@H]1O. The van der Waals surface area contributed by atoms with E-state index in [-0.39, 0.29) is 0 Å². The topological polar surface area (TPSA) is 473 Å². The summed E-state index contributed by atoms with van der Waals surface area (Å²) in [6, 6.07) is -3.31. The minimum Gasteiger partial charge on any atom is -0.477 e. The number of aliphatic hydroxyl groups excluding tert-OH is 15. The molecule has 4 saturated heterocycles. The molecular weight excluding hydrogens is 904 g/mol. The van der Waals surface area contributed by atoms with Crippen molar-refractivity contribution < 1.29 is 134 Å². The Hall–Kier alpha value is -2.51. The van der Waals surface area contributed by atoms with E-state index < -0.39 is 203 Å². The van der Waals surface area contributed by atoms with Crippen LogP contribution in [-0.2, 0) is 52.3 Å². The molecule has 18 N–H and O–H groups in total. The first-order valence-corrected chi connectivity index (χ1v) is 20.9. The van der Waals surface area contributed by atoms with E-state index in [4.69, 9.17) is 37.9 Å². The zero-order chi connectivity index (χ0) is 49.7. The number of aliphatic hydroxyl groups is 15. The molecule has 66 heavy (non-hydrogen) atoms. The summed E-state index contributed by atoms with van der Waals surface area (Å²) in [7, 11) is 0. The monoisotopic (exact) mass is 968 g/mol. The summed E-state index contributed by atoms with van der Waals surface area (Å²) in [6.45, 7) is 0.170. The number of carboxylic acid groups (broad SMARTS) is 1. The zero-order valence-electron chi connectivity index (χ0n) is 36.0. The molecule has 4 rings (SSSR count). The third-order valence-electron chi connectivity index (χ3n) is 11.7. The fourth-order valence-electron chi connectivity index (χ4n) is 7.86. The summed E-state index contributed by atoms with van der Waals surface area (Å²) in [5, 5.41) is 175. The lowest BCUT2D eigenvalue weighted by Crippen LogP contribution is -2.67. The van der Waals surface area contributed by atoms with Gasteiger partial charge in [0.15, 0.2) is 18.9 Å². The van der Waals surface area contributed by atoms with Crippen molar-refractivity contribution in [1.29, 1.82) is 0 Å². The normalized spacial score (nSPS) is 42.6. The molecule has 0 aromatic carbocycles. The Morgan fingerprint density at radius 3 is 1.85 bits per heavy atom. The van der Waals surface area contributed by atoms with E-state index in [0.29, 0.717) is 0 Å². The van der Waals surface area contributed by atoms with Gasteiger partial charge in [-0.1, -0.05) is 0 Å². The highest BCUT2D eigenvalue weighted by Crippen LogP contribution is 2.38. The highest BCUT2D eigenvalue weighted by Gasteiger charge is 2.59.